The van der Waals surface area contributed by atoms with Gasteiger partial charge < -0.3 is 15.3 Å². The van der Waals surface area contributed by atoms with Gasteiger partial charge in [0.1, 0.15) is 17.4 Å². The molecule has 0 unspecified atom stereocenters. The van der Waals surface area contributed by atoms with Crippen LogP contribution < -0.4 is 5.32 Å². The Kier molecular flexibility index (Phi) is 6.27. The summed E-state index contributed by atoms with van der Waals surface area (Å²) in [4.78, 5) is 13.9. The van der Waals surface area contributed by atoms with E-state index in [2.05, 4.69) is 5.32 Å². The minimum absolute atomic E-state index is 0.0561. The zero-order chi connectivity index (χ0) is 15.0. The number of rotatable bonds is 6. The number of phenols is 1. The van der Waals surface area contributed by atoms with Crippen molar-refractivity contribution in [2.24, 2.45) is 0 Å². The molecule has 0 bridgehead atoms. The van der Waals surface area contributed by atoms with Crippen molar-refractivity contribution in [3.05, 3.63) is 35.4 Å². The predicted molar refractivity (Wildman–Crippen MR) is 77.9 cm³/mol. The van der Waals surface area contributed by atoms with E-state index in [1.165, 1.54) is 18.2 Å². The lowest BCUT2D eigenvalue weighted by Gasteiger charge is -2.09. The molecular formula is C15H19N3O2. The maximum Gasteiger partial charge on any atom is 0.261 e. The molecule has 0 aromatic heterocycles. The van der Waals surface area contributed by atoms with Gasteiger partial charge in [0.15, 0.2) is 0 Å². The van der Waals surface area contributed by atoms with E-state index in [-0.39, 0.29) is 17.2 Å². The molecule has 1 rings (SSSR count). The first kappa shape index (κ1) is 15.7. The van der Waals surface area contributed by atoms with Gasteiger partial charge in [-0.05, 0) is 50.8 Å². The van der Waals surface area contributed by atoms with E-state index < -0.39 is 0 Å². The van der Waals surface area contributed by atoms with Crippen molar-refractivity contribution >= 4 is 12.0 Å². The highest BCUT2D eigenvalue weighted by Crippen LogP contribution is 2.12. The van der Waals surface area contributed by atoms with Crippen LogP contribution in [0.25, 0.3) is 6.08 Å². The van der Waals surface area contributed by atoms with Gasteiger partial charge in [0.2, 0.25) is 0 Å². The fourth-order valence-corrected chi connectivity index (χ4v) is 1.58. The lowest BCUT2D eigenvalue weighted by atomic mass is 10.1. The molecule has 0 aliphatic carbocycles. The molecule has 0 radical (unpaired) electrons. The largest absolute Gasteiger partial charge is 0.508 e. The summed E-state index contributed by atoms with van der Waals surface area (Å²) in [6, 6.07) is 8.20. The number of hydrogen-bond donors (Lipinski definition) is 2. The summed E-state index contributed by atoms with van der Waals surface area (Å²) >= 11 is 0. The van der Waals surface area contributed by atoms with Gasteiger partial charge in [0, 0.05) is 6.54 Å². The average Bonchev–Trinajstić information content (AvgIpc) is 2.42. The molecule has 0 aliphatic rings. The maximum atomic E-state index is 11.8. The molecule has 0 saturated heterocycles. The number of nitriles is 1. The van der Waals surface area contributed by atoms with E-state index in [0.717, 1.165) is 13.0 Å². The Labute approximate surface area is 119 Å². The summed E-state index contributed by atoms with van der Waals surface area (Å²) in [5.41, 5.74) is 0.753. The molecule has 0 saturated carbocycles. The van der Waals surface area contributed by atoms with Crippen LogP contribution in [0, 0.1) is 11.3 Å². The lowest BCUT2D eigenvalue weighted by Crippen LogP contribution is -2.27. The third-order valence-electron chi connectivity index (χ3n) is 2.64. The number of carbonyl (C=O) groups is 1. The summed E-state index contributed by atoms with van der Waals surface area (Å²) in [5.74, 6) is -0.229. The highest BCUT2D eigenvalue weighted by molar-refractivity contribution is 6.01. The van der Waals surface area contributed by atoms with Crippen LogP contribution in [0.5, 0.6) is 5.75 Å². The van der Waals surface area contributed by atoms with Gasteiger partial charge >= 0.3 is 0 Å². The van der Waals surface area contributed by atoms with Crippen LogP contribution in [0.3, 0.4) is 0 Å². The van der Waals surface area contributed by atoms with Gasteiger partial charge in [-0.2, -0.15) is 5.26 Å². The van der Waals surface area contributed by atoms with E-state index in [0.29, 0.717) is 12.1 Å². The number of benzene rings is 1. The summed E-state index contributed by atoms with van der Waals surface area (Å²) in [5, 5.41) is 20.9. The summed E-state index contributed by atoms with van der Waals surface area (Å²) in [6.45, 7) is 1.41. The number of amides is 1. The van der Waals surface area contributed by atoms with Crippen molar-refractivity contribution in [3.8, 4) is 11.8 Å². The summed E-state index contributed by atoms with van der Waals surface area (Å²) < 4.78 is 0. The van der Waals surface area contributed by atoms with Crippen molar-refractivity contribution in [3.63, 3.8) is 0 Å². The van der Waals surface area contributed by atoms with Crippen LogP contribution in [-0.4, -0.2) is 43.1 Å². The monoisotopic (exact) mass is 273 g/mol. The van der Waals surface area contributed by atoms with E-state index in [9.17, 15) is 9.90 Å². The third-order valence-corrected chi connectivity index (χ3v) is 2.64. The summed E-state index contributed by atoms with van der Waals surface area (Å²) in [6.07, 6.45) is 2.33. The van der Waals surface area contributed by atoms with Crippen molar-refractivity contribution < 1.29 is 9.90 Å². The number of nitrogens with one attached hydrogen (secondary N) is 1. The molecule has 0 fully saturated rings. The normalized spacial score (nSPS) is 11.2. The lowest BCUT2D eigenvalue weighted by molar-refractivity contribution is -0.117. The van der Waals surface area contributed by atoms with E-state index in [1.54, 1.807) is 12.1 Å². The Hall–Kier alpha value is -2.32. The molecule has 0 heterocycles. The predicted octanol–water partition coefficient (Wildman–Crippen LogP) is 1.37. The molecule has 0 spiro atoms. The van der Waals surface area contributed by atoms with Gasteiger partial charge in [-0.25, -0.2) is 0 Å². The number of phenolic OH excluding ortho intramolecular Hbond substituents is 1. The molecular weight excluding hydrogens is 254 g/mol. The minimum Gasteiger partial charge on any atom is -0.508 e. The molecule has 5 heteroatoms. The molecule has 0 atom stereocenters. The molecule has 1 aromatic rings. The van der Waals surface area contributed by atoms with Crippen LogP contribution >= 0.6 is 0 Å². The number of nitrogens with zero attached hydrogens (tertiary/aromatic N) is 2. The molecule has 2 N–H and O–H groups in total. The first-order chi connectivity index (χ1) is 9.52. The standard InChI is InChI=1S/C15H19N3O2/c1-18(2)9-3-8-17-15(20)13(11-16)10-12-4-6-14(19)7-5-12/h4-7,10,19H,3,8-9H2,1-2H3,(H,17,20)/b13-10+. The van der Waals surface area contributed by atoms with E-state index in [1.807, 2.05) is 25.1 Å². The minimum atomic E-state index is -0.376. The molecule has 5 nitrogen and oxygen atoms in total. The Bertz CT molecular complexity index is 513. The topological polar surface area (TPSA) is 76.4 Å². The number of aromatic hydroxyl groups is 1. The van der Waals surface area contributed by atoms with Gasteiger partial charge in [-0.15, -0.1) is 0 Å². The highest BCUT2D eigenvalue weighted by Gasteiger charge is 2.08. The second-order valence-electron chi connectivity index (χ2n) is 4.67. The summed E-state index contributed by atoms with van der Waals surface area (Å²) in [7, 11) is 3.93. The third kappa shape index (κ3) is 5.55. The van der Waals surface area contributed by atoms with Crippen molar-refractivity contribution in [1.82, 2.24) is 10.2 Å². The molecule has 106 valence electrons. The molecule has 20 heavy (non-hydrogen) atoms. The van der Waals surface area contributed by atoms with Crippen molar-refractivity contribution in [2.45, 2.75) is 6.42 Å². The first-order valence-electron chi connectivity index (χ1n) is 6.36. The van der Waals surface area contributed by atoms with Crippen LogP contribution in [0.4, 0.5) is 0 Å². The smallest absolute Gasteiger partial charge is 0.261 e. The molecule has 1 amide bonds. The van der Waals surface area contributed by atoms with Crippen LogP contribution in [0.15, 0.2) is 29.8 Å². The Morgan fingerprint density at radius 2 is 2.05 bits per heavy atom. The average molecular weight is 273 g/mol. The zero-order valence-electron chi connectivity index (χ0n) is 11.8. The SMILES string of the molecule is CN(C)CCCNC(=O)/C(C#N)=C/c1ccc(O)cc1. The number of hydrogen-bond acceptors (Lipinski definition) is 4. The highest BCUT2D eigenvalue weighted by atomic mass is 16.3. The maximum absolute atomic E-state index is 11.8. The van der Waals surface area contributed by atoms with Gasteiger partial charge in [-0.1, -0.05) is 12.1 Å². The second-order valence-corrected chi connectivity index (χ2v) is 4.67. The quantitative estimate of drug-likeness (QED) is 0.466. The van der Waals surface area contributed by atoms with Gasteiger partial charge in [0.25, 0.3) is 5.91 Å². The number of carbonyl (C=O) groups excluding carboxylic acids is 1. The Morgan fingerprint density at radius 3 is 2.60 bits per heavy atom. The fourth-order valence-electron chi connectivity index (χ4n) is 1.58. The van der Waals surface area contributed by atoms with E-state index >= 15 is 0 Å². The molecule has 0 aliphatic heterocycles. The van der Waals surface area contributed by atoms with Crippen molar-refractivity contribution in [1.29, 1.82) is 5.26 Å². The Balaban J connectivity index is 2.59. The fraction of sp³-hybridized carbons (Fsp3) is 0.333. The van der Waals surface area contributed by atoms with Crippen molar-refractivity contribution in [2.75, 3.05) is 27.2 Å². The molecule has 1 aromatic carbocycles. The van der Waals surface area contributed by atoms with Gasteiger partial charge in [0.05, 0.1) is 0 Å². The van der Waals surface area contributed by atoms with E-state index in [4.69, 9.17) is 5.26 Å². The van der Waals surface area contributed by atoms with Gasteiger partial charge in [-0.3, -0.25) is 4.79 Å². The van der Waals surface area contributed by atoms with Crippen LogP contribution in [0.1, 0.15) is 12.0 Å². The zero-order valence-corrected chi connectivity index (χ0v) is 11.8. The van der Waals surface area contributed by atoms with Crippen LogP contribution in [-0.2, 0) is 4.79 Å². The first-order valence-corrected chi connectivity index (χ1v) is 6.36. The second kappa shape index (κ2) is 7.97. The Morgan fingerprint density at radius 1 is 1.40 bits per heavy atom. The van der Waals surface area contributed by atoms with Crippen LogP contribution in [0.2, 0.25) is 0 Å².